The summed E-state index contributed by atoms with van der Waals surface area (Å²) in [4.78, 5) is 12.9. The maximum atomic E-state index is 12.9. The molecule has 4 saturated carbocycles. The van der Waals surface area contributed by atoms with Gasteiger partial charge in [-0.2, -0.15) is 5.26 Å². The second kappa shape index (κ2) is 9.23. The summed E-state index contributed by atoms with van der Waals surface area (Å²) in [6.45, 7) is 0. The van der Waals surface area contributed by atoms with Crippen molar-refractivity contribution in [3.05, 3.63) is 101 Å². The van der Waals surface area contributed by atoms with Gasteiger partial charge in [-0.05, 0) is 108 Å². The number of amides is 1. The van der Waals surface area contributed by atoms with Gasteiger partial charge in [0, 0.05) is 5.69 Å². The Bertz CT molecular complexity index is 1350. The van der Waals surface area contributed by atoms with Gasteiger partial charge in [0.25, 0.3) is 5.91 Å². The molecule has 4 aliphatic carbocycles. The fourth-order valence-electron chi connectivity index (χ4n) is 7.85. The second-order valence-electron chi connectivity index (χ2n) is 11.4. The number of ether oxygens (including phenoxy) is 1. The number of carbonyl (C=O) groups excluding carboxylic acids is 1. The minimum Gasteiger partial charge on any atom is -0.497 e. The van der Waals surface area contributed by atoms with Crippen molar-refractivity contribution in [2.45, 2.75) is 49.4 Å². The number of nitriles is 1. The SMILES string of the molecule is COc1ccc(C=C(C#N)C(=O)Nc2ccc(C34CC5CC(CC(c6ccccc6)(C5)C3)C4)cc2)cc1. The molecule has 3 aromatic rings. The molecule has 3 aromatic carbocycles. The molecule has 0 heterocycles. The molecule has 0 saturated heterocycles. The van der Waals surface area contributed by atoms with Crippen molar-refractivity contribution in [3.63, 3.8) is 0 Å². The van der Waals surface area contributed by atoms with Gasteiger partial charge in [0.15, 0.2) is 0 Å². The van der Waals surface area contributed by atoms with Gasteiger partial charge in [-0.3, -0.25) is 4.79 Å². The van der Waals surface area contributed by atoms with E-state index in [0.717, 1.165) is 23.1 Å². The van der Waals surface area contributed by atoms with E-state index in [-0.39, 0.29) is 11.0 Å². The van der Waals surface area contributed by atoms with Crippen LogP contribution < -0.4 is 10.1 Å². The quantitative estimate of drug-likeness (QED) is 0.299. The van der Waals surface area contributed by atoms with Crippen LogP contribution >= 0.6 is 0 Å². The van der Waals surface area contributed by atoms with Crippen molar-refractivity contribution in [3.8, 4) is 11.8 Å². The summed E-state index contributed by atoms with van der Waals surface area (Å²) < 4.78 is 5.18. The lowest BCUT2D eigenvalue weighted by Crippen LogP contribution is -2.55. The van der Waals surface area contributed by atoms with Gasteiger partial charge >= 0.3 is 0 Å². The van der Waals surface area contributed by atoms with E-state index >= 15 is 0 Å². The number of rotatable bonds is 6. The molecule has 4 bridgehead atoms. The average molecular weight is 489 g/mol. The van der Waals surface area contributed by atoms with E-state index in [1.54, 1.807) is 13.2 Å². The smallest absolute Gasteiger partial charge is 0.266 e. The fraction of sp³-hybridized carbons (Fsp3) is 0.333. The normalized spacial score (nSPS) is 27.9. The largest absolute Gasteiger partial charge is 0.497 e. The molecule has 7 rings (SSSR count). The van der Waals surface area contributed by atoms with E-state index < -0.39 is 5.91 Å². The van der Waals surface area contributed by atoms with Gasteiger partial charge in [-0.25, -0.2) is 0 Å². The zero-order valence-electron chi connectivity index (χ0n) is 21.2. The topological polar surface area (TPSA) is 62.1 Å². The molecule has 4 fully saturated rings. The standard InChI is InChI=1S/C33H32N2O2/c1-37-30-13-7-23(8-14-30)16-26(21-34)31(36)35-29-11-9-28(10-12-29)33-19-24-15-25(20-33)18-32(17-24,22-33)27-5-3-2-4-6-27/h2-14,16,24-25H,15,17-20,22H2,1H3,(H,35,36). The minimum absolute atomic E-state index is 0.0696. The second-order valence-corrected chi connectivity index (χ2v) is 11.4. The molecule has 0 radical (unpaired) electrons. The van der Waals surface area contributed by atoms with Crippen LogP contribution in [0.15, 0.2) is 84.4 Å². The molecule has 2 atom stereocenters. The van der Waals surface area contributed by atoms with E-state index in [4.69, 9.17) is 4.74 Å². The molecule has 2 unspecified atom stereocenters. The molecule has 0 spiro atoms. The van der Waals surface area contributed by atoms with Crippen LogP contribution in [0.3, 0.4) is 0 Å². The molecule has 1 N–H and O–H groups in total. The number of carbonyl (C=O) groups is 1. The molecule has 0 aromatic heterocycles. The van der Waals surface area contributed by atoms with Crippen molar-refractivity contribution >= 4 is 17.7 Å². The summed E-state index contributed by atoms with van der Waals surface area (Å²) >= 11 is 0. The highest BCUT2D eigenvalue weighted by atomic mass is 16.5. The highest BCUT2D eigenvalue weighted by Gasteiger charge is 2.58. The molecule has 4 heteroatoms. The van der Waals surface area contributed by atoms with E-state index in [9.17, 15) is 10.1 Å². The fourth-order valence-corrected chi connectivity index (χ4v) is 7.85. The van der Waals surface area contributed by atoms with Crippen LogP contribution in [-0.4, -0.2) is 13.0 Å². The summed E-state index contributed by atoms with van der Waals surface area (Å²) in [5, 5.41) is 12.5. The van der Waals surface area contributed by atoms with Crippen LogP contribution in [-0.2, 0) is 15.6 Å². The molecule has 37 heavy (non-hydrogen) atoms. The first-order valence-corrected chi connectivity index (χ1v) is 13.2. The maximum Gasteiger partial charge on any atom is 0.266 e. The minimum atomic E-state index is -0.399. The van der Waals surface area contributed by atoms with Crippen LogP contribution in [0.5, 0.6) is 5.75 Å². The summed E-state index contributed by atoms with van der Waals surface area (Å²) in [5.41, 5.74) is 4.99. The lowest BCUT2D eigenvalue weighted by atomic mass is 9.42. The maximum absolute atomic E-state index is 12.9. The third-order valence-electron chi connectivity index (χ3n) is 8.99. The molecular formula is C33H32N2O2. The number of methoxy groups -OCH3 is 1. The monoisotopic (exact) mass is 488 g/mol. The summed E-state index contributed by atoms with van der Waals surface area (Å²) in [6, 6.07) is 28.9. The number of hydrogen-bond acceptors (Lipinski definition) is 3. The van der Waals surface area contributed by atoms with Crippen LogP contribution in [0.2, 0.25) is 0 Å². The Hall–Kier alpha value is -3.84. The first-order valence-electron chi connectivity index (χ1n) is 13.2. The molecule has 0 aliphatic heterocycles. The van der Waals surface area contributed by atoms with Crippen LogP contribution in [0.4, 0.5) is 5.69 Å². The molecular weight excluding hydrogens is 456 g/mol. The van der Waals surface area contributed by atoms with Gasteiger partial charge in [0.05, 0.1) is 7.11 Å². The van der Waals surface area contributed by atoms with E-state index in [2.05, 4.69) is 47.8 Å². The third-order valence-corrected chi connectivity index (χ3v) is 8.99. The third kappa shape index (κ3) is 4.33. The van der Waals surface area contributed by atoms with E-state index in [0.29, 0.717) is 11.1 Å². The van der Waals surface area contributed by atoms with Gasteiger partial charge in [-0.1, -0.05) is 54.6 Å². The Morgan fingerprint density at radius 2 is 1.49 bits per heavy atom. The zero-order valence-corrected chi connectivity index (χ0v) is 21.2. The van der Waals surface area contributed by atoms with Crippen molar-refractivity contribution in [2.75, 3.05) is 12.4 Å². The van der Waals surface area contributed by atoms with E-state index in [1.165, 1.54) is 49.7 Å². The number of nitrogens with zero attached hydrogens (tertiary/aromatic N) is 1. The predicted octanol–water partition coefficient (Wildman–Crippen LogP) is 7.03. The van der Waals surface area contributed by atoms with Crippen LogP contribution in [0.1, 0.15) is 55.2 Å². The van der Waals surface area contributed by atoms with Crippen molar-refractivity contribution < 1.29 is 9.53 Å². The zero-order chi connectivity index (χ0) is 25.5. The lowest BCUT2D eigenvalue weighted by molar-refractivity contribution is -0.112. The Balaban J connectivity index is 1.21. The predicted molar refractivity (Wildman–Crippen MR) is 146 cm³/mol. The lowest BCUT2D eigenvalue weighted by Gasteiger charge is -2.62. The molecule has 1 amide bonds. The van der Waals surface area contributed by atoms with Gasteiger partial charge in [-0.15, -0.1) is 0 Å². The van der Waals surface area contributed by atoms with Crippen molar-refractivity contribution in [2.24, 2.45) is 11.8 Å². The first-order chi connectivity index (χ1) is 18.0. The average Bonchev–Trinajstić information content (AvgIpc) is 2.92. The Labute approximate surface area is 219 Å². The number of nitrogens with one attached hydrogen (secondary N) is 1. The molecule has 4 nitrogen and oxygen atoms in total. The van der Waals surface area contributed by atoms with Crippen molar-refractivity contribution in [1.82, 2.24) is 0 Å². The number of hydrogen-bond donors (Lipinski definition) is 1. The molecule has 4 aliphatic rings. The van der Waals surface area contributed by atoms with Gasteiger partial charge in [0.2, 0.25) is 0 Å². The number of benzene rings is 3. The Kier molecular flexibility index (Phi) is 5.88. The van der Waals surface area contributed by atoms with Gasteiger partial charge in [0.1, 0.15) is 17.4 Å². The summed E-state index contributed by atoms with van der Waals surface area (Å²) in [6.07, 6.45) is 9.37. The Morgan fingerprint density at radius 3 is 2.05 bits per heavy atom. The van der Waals surface area contributed by atoms with Gasteiger partial charge < -0.3 is 10.1 Å². The first kappa shape index (κ1) is 23.6. The summed E-state index contributed by atoms with van der Waals surface area (Å²) in [5.74, 6) is 1.92. The van der Waals surface area contributed by atoms with Crippen molar-refractivity contribution in [1.29, 1.82) is 5.26 Å². The summed E-state index contributed by atoms with van der Waals surface area (Å²) in [7, 11) is 1.61. The van der Waals surface area contributed by atoms with Crippen LogP contribution in [0.25, 0.3) is 6.08 Å². The number of anilines is 1. The van der Waals surface area contributed by atoms with E-state index in [1.807, 2.05) is 42.5 Å². The van der Waals surface area contributed by atoms with Crippen LogP contribution in [0, 0.1) is 23.2 Å². The highest BCUT2D eigenvalue weighted by Crippen LogP contribution is 2.66. The molecule has 186 valence electrons. The highest BCUT2D eigenvalue weighted by molar-refractivity contribution is 6.09. The Morgan fingerprint density at radius 1 is 0.892 bits per heavy atom.